The molecule has 0 aromatic carbocycles. The number of halogens is 1. The van der Waals surface area contributed by atoms with Crippen molar-refractivity contribution in [2.75, 3.05) is 25.1 Å². The number of ether oxygens (including phenoxy) is 1. The first kappa shape index (κ1) is 13.8. The minimum atomic E-state index is -0.266. The van der Waals surface area contributed by atoms with Gasteiger partial charge in [0.15, 0.2) is 0 Å². The maximum atomic E-state index is 11.8. The Balaban J connectivity index is 2.27. The number of carbonyl (C=O) groups excluding carboxylic acids is 1. The Morgan fingerprint density at radius 3 is 3.00 bits per heavy atom. The second-order valence-electron chi connectivity index (χ2n) is 4.09. The minimum Gasteiger partial charge on any atom is -0.464 e. The average Bonchev–Trinajstić information content (AvgIpc) is 2.86. The number of hydrogen-bond donors (Lipinski definition) is 1. The number of aromatic nitrogens is 3. The van der Waals surface area contributed by atoms with E-state index in [1.165, 1.54) is 0 Å². The van der Waals surface area contributed by atoms with Gasteiger partial charge >= 0.3 is 6.01 Å². The number of likely N-dealkylation sites (N-methyl/N-ethyl adjacent to an activating group) is 1. The number of rotatable bonds is 4. The van der Waals surface area contributed by atoms with Crippen LogP contribution in [0.5, 0.6) is 6.01 Å². The summed E-state index contributed by atoms with van der Waals surface area (Å²) in [7, 11) is 1.62. The maximum Gasteiger partial charge on any atom is 0.322 e. The van der Waals surface area contributed by atoms with Gasteiger partial charge in [-0.15, -0.1) is 0 Å². The molecule has 1 amide bonds. The summed E-state index contributed by atoms with van der Waals surface area (Å²) < 4.78 is 5.24. The van der Waals surface area contributed by atoms with E-state index in [4.69, 9.17) is 16.3 Å². The van der Waals surface area contributed by atoms with E-state index in [1.54, 1.807) is 7.05 Å². The Morgan fingerprint density at radius 1 is 1.53 bits per heavy atom. The van der Waals surface area contributed by atoms with Crippen molar-refractivity contribution < 1.29 is 9.53 Å². The molecule has 1 aromatic rings. The predicted octanol–water partition coefficient (Wildman–Crippen LogP) is 0.638. The molecule has 0 saturated carbocycles. The third-order valence-corrected chi connectivity index (χ3v) is 3.08. The van der Waals surface area contributed by atoms with Gasteiger partial charge in [-0.05, 0) is 31.4 Å². The van der Waals surface area contributed by atoms with Crippen molar-refractivity contribution in [1.82, 2.24) is 20.3 Å². The minimum absolute atomic E-state index is 0.0491. The van der Waals surface area contributed by atoms with Gasteiger partial charge in [0.2, 0.25) is 17.1 Å². The van der Waals surface area contributed by atoms with Gasteiger partial charge in [-0.3, -0.25) is 4.79 Å². The van der Waals surface area contributed by atoms with E-state index < -0.39 is 0 Å². The predicted molar refractivity (Wildman–Crippen MR) is 70.4 cm³/mol. The van der Waals surface area contributed by atoms with Gasteiger partial charge in [0.25, 0.3) is 0 Å². The van der Waals surface area contributed by atoms with Crippen LogP contribution in [0.4, 0.5) is 5.95 Å². The van der Waals surface area contributed by atoms with E-state index in [1.807, 2.05) is 11.8 Å². The van der Waals surface area contributed by atoms with Crippen molar-refractivity contribution in [2.24, 2.45) is 0 Å². The second kappa shape index (κ2) is 6.01. The number of anilines is 1. The highest BCUT2D eigenvalue weighted by atomic mass is 35.5. The van der Waals surface area contributed by atoms with Crippen LogP contribution in [-0.2, 0) is 4.79 Å². The summed E-state index contributed by atoms with van der Waals surface area (Å²) in [6, 6.07) is -0.0852. The van der Waals surface area contributed by atoms with Crippen molar-refractivity contribution in [3.05, 3.63) is 5.28 Å². The molecule has 19 heavy (non-hydrogen) atoms. The molecule has 1 saturated heterocycles. The lowest BCUT2D eigenvalue weighted by Gasteiger charge is -2.23. The van der Waals surface area contributed by atoms with Crippen molar-refractivity contribution in [3.63, 3.8) is 0 Å². The lowest BCUT2D eigenvalue weighted by atomic mass is 10.2. The fourth-order valence-electron chi connectivity index (χ4n) is 2.09. The number of amides is 1. The first-order valence-electron chi connectivity index (χ1n) is 6.18. The lowest BCUT2D eigenvalue weighted by molar-refractivity contribution is -0.121. The Bertz CT molecular complexity index is 470. The third-order valence-electron chi connectivity index (χ3n) is 2.91. The molecule has 0 aliphatic carbocycles. The molecule has 0 bridgehead atoms. The van der Waals surface area contributed by atoms with Crippen molar-refractivity contribution in [1.29, 1.82) is 0 Å². The van der Waals surface area contributed by atoms with Crippen LogP contribution >= 0.6 is 11.6 Å². The van der Waals surface area contributed by atoms with Gasteiger partial charge in [0.1, 0.15) is 6.04 Å². The molecule has 104 valence electrons. The number of nitrogens with zero attached hydrogens (tertiary/aromatic N) is 4. The monoisotopic (exact) mass is 285 g/mol. The zero-order valence-electron chi connectivity index (χ0n) is 10.9. The fraction of sp³-hybridized carbons (Fsp3) is 0.636. The van der Waals surface area contributed by atoms with Crippen molar-refractivity contribution in [2.45, 2.75) is 25.8 Å². The molecular formula is C11H16ClN5O2. The Labute approximate surface area is 116 Å². The summed E-state index contributed by atoms with van der Waals surface area (Å²) in [5.41, 5.74) is 0. The second-order valence-corrected chi connectivity index (χ2v) is 4.42. The zero-order valence-corrected chi connectivity index (χ0v) is 11.6. The molecular weight excluding hydrogens is 270 g/mol. The molecule has 1 aromatic heterocycles. The summed E-state index contributed by atoms with van der Waals surface area (Å²) in [6.45, 7) is 2.99. The first-order valence-corrected chi connectivity index (χ1v) is 6.56. The molecule has 1 aliphatic heterocycles. The first-order chi connectivity index (χ1) is 9.15. The summed E-state index contributed by atoms with van der Waals surface area (Å²) in [6.07, 6.45) is 1.68. The highest BCUT2D eigenvalue weighted by Crippen LogP contribution is 2.24. The Hall–Kier alpha value is -1.63. The molecule has 1 atom stereocenters. The number of hydrogen-bond acceptors (Lipinski definition) is 6. The molecule has 2 rings (SSSR count). The molecule has 1 aliphatic rings. The van der Waals surface area contributed by atoms with Crippen LogP contribution in [0.3, 0.4) is 0 Å². The molecule has 0 radical (unpaired) electrons. The quantitative estimate of drug-likeness (QED) is 0.874. The van der Waals surface area contributed by atoms with Crippen LogP contribution < -0.4 is 15.0 Å². The summed E-state index contributed by atoms with van der Waals surface area (Å²) in [5, 5.41) is 2.71. The SMILES string of the molecule is CCOc1nc(Cl)nc(N2CCCC2C(=O)NC)n1. The standard InChI is InChI=1S/C11H16ClN5O2/c1-3-19-11-15-9(12)14-10(16-11)17-6-4-5-7(17)8(18)13-2/h7H,3-6H2,1-2H3,(H,13,18). The number of carbonyl (C=O) groups is 1. The topological polar surface area (TPSA) is 80.2 Å². The maximum absolute atomic E-state index is 11.8. The molecule has 0 spiro atoms. The van der Waals surface area contributed by atoms with E-state index >= 15 is 0 Å². The zero-order chi connectivity index (χ0) is 13.8. The van der Waals surface area contributed by atoms with Gasteiger partial charge in [0.05, 0.1) is 6.61 Å². The van der Waals surface area contributed by atoms with Crippen LogP contribution in [0.1, 0.15) is 19.8 Å². The molecule has 1 N–H and O–H groups in total. The summed E-state index contributed by atoms with van der Waals surface area (Å²) >= 11 is 5.86. The van der Waals surface area contributed by atoms with Crippen LogP contribution in [0.15, 0.2) is 0 Å². The fourth-order valence-corrected chi connectivity index (χ4v) is 2.24. The van der Waals surface area contributed by atoms with Crippen LogP contribution in [-0.4, -0.2) is 47.1 Å². The van der Waals surface area contributed by atoms with Gasteiger partial charge in [-0.2, -0.15) is 15.0 Å². The molecule has 8 heteroatoms. The molecule has 2 heterocycles. The molecule has 7 nitrogen and oxygen atoms in total. The molecule has 1 fully saturated rings. The van der Waals surface area contributed by atoms with Gasteiger partial charge in [-0.25, -0.2) is 0 Å². The average molecular weight is 286 g/mol. The van der Waals surface area contributed by atoms with E-state index in [0.29, 0.717) is 19.1 Å². The smallest absolute Gasteiger partial charge is 0.322 e. The lowest BCUT2D eigenvalue weighted by Crippen LogP contribution is -2.42. The number of nitrogens with one attached hydrogen (secondary N) is 1. The Morgan fingerprint density at radius 2 is 2.32 bits per heavy atom. The normalized spacial score (nSPS) is 18.5. The van der Waals surface area contributed by atoms with E-state index in [2.05, 4.69) is 20.3 Å². The third kappa shape index (κ3) is 3.04. The highest BCUT2D eigenvalue weighted by Gasteiger charge is 2.32. The van der Waals surface area contributed by atoms with E-state index in [-0.39, 0.29) is 23.2 Å². The Kier molecular flexibility index (Phi) is 4.36. The summed E-state index contributed by atoms with van der Waals surface area (Å²) in [5.74, 6) is 0.335. The van der Waals surface area contributed by atoms with Crippen LogP contribution in [0.2, 0.25) is 5.28 Å². The van der Waals surface area contributed by atoms with Crippen molar-refractivity contribution >= 4 is 23.5 Å². The van der Waals surface area contributed by atoms with Crippen LogP contribution in [0.25, 0.3) is 0 Å². The van der Waals surface area contributed by atoms with E-state index in [9.17, 15) is 4.79 Å². The van der Waals surface area contributed by atoms with Gasteiger partial charge in [0, 0.05) is 13.6 Å². The van der Waals surface area contributed by atoms with Crippen LogP contribution in [0, 0.1) is 0 Å². The highest BCUT2D eigenvalue weighted by molar-refractivity contribution is 6.28. The largest absolute Gasteiger partial charge is 0.464 e. The van der Waals surface area contributed by atoms with Crippen molar-refractivity contribution in [3.8, 4) is 6.01 Å². The molecule has 1 unspecified atom stereocenters. The van der Waals surface area contributed by atoms with Gasteiger partial charge in [-0.1, -0.05) is 0 Å². The van der Waals surface area contributed by atoms with Gasteiger partial charge < -0.3 is 15.0 Å². The van der Waals surface area contributed by atoms with E-state index in [0.717, 1.165) is 12.8 Å². The summed E-state index contributed by atoms with van der Waals surface area (Å²) in [4.78, 5) is 25.8.